The van der Waals surface area contributed by atoms with Crippen molar-refractivity contribution in [3.8, 4) is 22.9 Å². The number of carboxylic acids is 1. The minimum atomic E-state index is -1.19. The molecule has 176 valence electrons. The van der Waals surface area contributed by atoms with E-state index in [0.29, 0.717) is 17.7 Å². The molecule has 0 radical (unpaired) electrons. The van der Waals surface area contributed by atoms with Crippen LogP contribution in [-0.4, -0.2) is 28.3 Å². The molecule has 1 aliphatic heterocycles. The van der Waals surface area contributed by atoms with Crippen molar-refractivity contribution >= 4 is 27.6 Å². The van der Waals surface area contributed by atoms with Crippen LogP contribution in [0.1, 0.15) is 49.1 Å². The average molecular weight is 467 g/mol. The van der Waals surface area contributed by atoms with E-state index in [1.807, 2.05) is 64.1 Å². The van der Waals surface area contributed by atoms with Crippen molar-refractivity contribution < 1.29 is 19.4 Å². The number of fused-ring (bicyclic) bond motifs is 1. The lowest BCUT2D eigenvalue weighted by Gasteiger charge is -2.29. The Morgan fingerprint density at radius 2 is 2.00 bits per heavy atom. The van der Waals surface area contributed by atoms with Gasteiger partial charge in [-0.25, -0.2) is 4.79 Å². The number of rotatable bonds is 4. The molecule has 0 amide bonds. The number of ether oxygens (including phenoxy) is 2. The van der Waals surface area contributed by atoms with Crippen LogP contribution in [0.2, 0.25) is 0 Å². The van der Waals surface area contributed by atoms with Crippen LogP contribution < -0.4 is 4.74 Å². The first-order valence-electron chi connectivity index (χ1n) is 11.6. The number of carboxylic acid groups (broad SMARTS) is 1. The summed E-state index contributed by atoms with van der Waals surface area (Å²) in [4.78, 5) is 17.3. The molecule has 6 heteroatoms. The largest absolute Gasteiger partial charge is 0.493 e. The minimum Gasteiger partial charge on any atom is -0.493 e. The number of hydrogen-bond donors (Lipinski definition) is 1. The number of aliphatic carboxylic acids is 1. The topological polar surface area (TPSA) is 92.4 Å². The molecule has 0 spiro atoms. The third-order valence-electron chi connectivity index (χ3n) is 6.31. The number of carbonyl (C=O) groups is 1. The fourth-order valence-electron chi connectivity index (χ4n) is 4.95. The number of nitrogens with zero attached hydrogens (tertiary/aromatic N) is 2. The van der Waals surface area contributed by atoms with E-state index in [0.717, 1.165) is 56.1 Å². The zero-order chi connectivity index (χ0) is 24.9. The lowest BCUT2D eigenvalue weighted by atomic mass is 9.85. The van der Waals surface area contributed by atoms with Gasteiger partial charge in [-0.3, -0.25) is 4.98 Å². The second kappa shape index (κ2) is 8.37. The van der Waals surface area contributed by atoms with Crippen molar-refractivity contribution in [3.05, 3.63) is 70.9 Å². The van der Waals surface area contributed by atoms with E-state index in [1.54, 1.807) is 12.3 Å². The molecule has 1 aromatic heterocycles. The van der Waals surface area contributed by atoms with E-state index in [4.69, 9.17) is 14.5 Å². The highest BCUT2D eigenvalue weighted by atomic mass is 16.5. The van der Waals surface area contributed by atoms with Gasteiger partial charge in [-0.05, 0) is 85.5 Å². The van der Waals surface area contributed by atoms with E-state index >= 15 is 0 Å². The Balaban J connectivity index is 1.92. The van der Waals surface area contributed by atoms with Crippen LogP contribution in [0.4, 0.5) is 0 Å². The minimum absolute atomic E-state index is 0.541. The van der Waals surface area contributed by atoms with Gasteiger partial charge in [0.25, 0.3) is 0 Å². The molecule has 35 heavy (non-hydrogen) atoms. The first kappa shape index (κ1) is 22.8. The zero-order valence-corrected chi connectivity index (χ0v) is 20.2. The predicted molar refractivity (Wildman–Crippen MR) is 135 cm³/mol. The van der Waals surface area contributed by atoms with Crippen molar-refractivity contribution in [2.45, 2.75) is 45.8 Å². The SMILES string of the molecule is Cc1cc2cc(C#N)ccc2c(-c2ccc3c4c(ccnc24)CCO3)c1C(OC(C)(C)C)C(=O)O. The summed E-state index contributed by atoms with van der Waals surface area (Å²) in [6.45, 7) is 8.04. The molecule has 2 heterocycles. The monoisotopic (exact) mass is 466 g/mol. The summed E-state index contributed by atoms with van der Waals surface area (Å²) < 4.78 is 12.0. The first-order chi connectivity index (χ1) is 16.7. The summed E-state index contributed by atoms with van der Waals surface area (Å²) in [7, 11) is 0. The average Bonchev–Trinajstić information content (AvgIpc) is 2.82. The molecule has 1 atom stereocenters. The molecule has 0 saturated carbocycles. The van der Waals surface area contributed by atoms with Crippen LogP contribution in [0.25, 0.3) is 32.8 Å². The molecule has 0 aliphatic carbocycles. The third kappa shape index (κ3) is 3.98. The Morgan fingerprint density at radius 1 is 1.20 bits per heavy atom. The molecule has 4 aromatic rings. The van der Waals surface area contributed by atoms with E-state index < -0.39 is 17.7 Å². The van der Waals surface area contributed by atoms with E-state index in [2.05, 4.69) is 6.07 Å². The maximum Gasteiger partial charge on any atom is 0.337 e. The van der Waals surface area contributed by atoms with Crippen LogP contribution in [0.15, 0.2) is 48.7 Å². The van der Waals surface area contributed by atoms with Crippen LogP contribution in [0.5, 0.6) is 5.75 Å². The van der Waals surface area contributed by atoms with E-state index in [-0.39, 0.29) is 0 Å². The quantitative estimate of drug-likeness (QED) is 0.390. The maximum absolute atomic E-state index is 12.6. The molecular weight excluding hydrogens is 440 g/mol. The highest BCUT2D eigenvalue weighted by Gasteiger charge is 2.32. The Kier molecular flexibility index (Phi) is 5.46. The Labute approximate surface area is 203 Å². The van der Waals surface area contributed by atoms with Crippen LogP contribution >= 0.6 is 0 Å². The van der Waals surface area contributed by atoms with Gasteiger partial charge in [0.05, 0.1) is 29.4 Å². The van der Waals surface area contributed by atoms with Gasteiger partial charge >= 0.3 is 5.97 Å². The number of benzene rings is 3. The second-order valence-electron chi connectivity index (χ2n) is 9.88. The fourth-order valence-corrected chi connectivity index (χ4v) is 4.95. The normalized spacial score (nSPS) is 13.9. The number of nitriles is 1. The van der Waals surface area contributed by atoms with E-state index in [1.165, 1.54) is 0 Å². The molecule has 0 fully saturated rings. The second-order valence-corrected chi connectivity index (χ2v) is 9.88. The standard InChI is InChI=1S/C29H26N2O4/c1-16-13-19-14-17(15-30)5-6-20(19)25(23(16)27(28(32)33)35-29(2,3)4)21-7-8-22-24-18(10-12-34-22)9-11-31-26(21)24/h5-9,11,13-14,27H,10,12H2,1-4H3,(H,32,33). The zero-order valence-electron chi connectivity index (χ0n) is 20.2. The molecule has 6 nitrogen and oxygen atoms in total. The number of aromatic nitrogens is 1. The van der Waals surface area contributed by atoms with Gasteiger partial charge in [0.15, 0.2) is 6.10 Å². The van der Waals surface area contributed by atoms with Gasteiger partial charge in [0.2, 0.25) is 0 Å². The lowest BCUT2D eigenvalue weighted by Crippen LogP contribution is -2.28. The fraction of sp³-hybridized carbons (Fsp3) is 0.276. The summed E-state index contributed by atoms with van der Waals surface area (Å²) in [5, 5.41) is 22.4. The van der Waals surface area contributed by atoms with Gasteiger partial charge in [-0.2, -0.15) is 5.26 Å². The van der Waals surface area contributed by atoms with Gasteiger partial charge in [0, 0.05) is 29.1 Å². The van der Waals surface area contributed by atoms with Crippen molar-refractivity contribution in [2.75, 3.05) is 6.61 Å². The van der Waals surface area contributed by atoms with Crippen molar-refractivity contribution in [1.29, 1.82) is 5.26 Å². The van der Waals surface area contributed by atoms with Crippen LogP contribution in [0.3, 0.4) is 0 Å². The summed E-state index contributed by atoms with van der Waals surface area (Å²) >= 11 is 0. The summed E-state index contributed by atoms with van der Waals surface area (Å²) in [5.74, 6) is -0.277. The lowest BCUT2D eigenvalue weighted by molar-refractivity contribution is -0.160. The summed E-state index contributed by atoms with van der Waals surface area (Å²) in [6, 6.07) is 15.5. The first-order valence-corrected chi connectivity index (χ1v) is 11.6. The highest BCUT2D eigenvalue weighted by Crippen LogP contribution is 2.45. The highest BCUT2D eigenvalue weighted by molar-refractivity contribution is 6.09. The van der Waals surface area contributed by atoms with Crippen LogP contribution in [-0.2, 0) is 16.0 Å². The number of hydrogen-bond acceptors (Lipinski definition) is 5. The van der Waals surface area contributed by atoms with E-state index in [9.17, 15) is 15.2 Å². The molecule has 1 N–H and O–H groups in total. The molecule has 5 rings (SSSR count). The van der Waals surface area contributed by atoms with Gasteiger partial charge in [-0.1, -0.05) is 12.1 Å². The Hall–Kier alpha value is -3.95. The molecular formula is C29H26N2O4. The molecule has 0 bridgehead atoms. The van der Waals surface area contributed by atoms with Gasteiger partial charge in [0.1, 0.15) is 5.75 Å². The van der Waals surface area contributed by atoms with Crippen LogP contribution in [0, 0.1) is 18.3 Å². The predicted octanol–water partition coefficient (Wildman–Crippen LogP) is 6.11. The van der Waals surface area contributed by atoms with Crippen molar-refractivity contribution in [3.63, 3.8) is 0 Å². The smallest absolute Gasteiger partial charge is 0.337 e. The third-order valence-corrected chi connectivity index (χ3v) is 6.31. The Morgan fingerprint density at radius 3 is 2.71 bits per heavy atom. The summed E-state index contributed by atoms with van der Waals surface area (Å²) in [5.41, 5.74) is 4.70. The molecule has 1 aliphatic rings. The van der Waals surface area contributed by atoms with Crippen molar-refractivity contribution in [1.82, 2.24) is 4.98 Å². The van der Waals surface area contributed by atoms with Gasteiger partial charge < -0.3 is 14.6 Å². The van der Waals surface area contributed by atoms with Crippen molar-refractivity contribution in [2.24, 2.45) is 0 Å². The molecule has 3 aromatic carbocycles. The maximum atomic E-state index is 12.6. The number of aryl methyl sites for hydroxylation is 1. The summed E-state index contributed by atoms with van der Waals surface area (Å²) in [6.07, 6.45) is 1.39. The van der Waals surface area contributed by atoms with Gasteiger partial charge in [-0.15, -0.1) is 0 Å². The molecule has 0 saturated heterocycles. The molecule has 1 unspecified atom stereocenters. The number of pyridine rings is 1. The Bertz CT molecular complexity index is 1530.